The van der Waals surface area contributed by atoms with Gasteiger partial charge in [-0.25, -0.2) is 9.59 Å². The number of aliphatic carboxylic acids is 1. The number of urea groups is 1. The minimum Gasteiger partial charge on any atom is -0.480 e. The van der Waals surface area contributed by atoms with E-state index >= 15 is 0 Å². The molecule has 0 aromatic heterocycles. The zero-order valence-electron chi connectivity index (χ0n) is 13.2. The van der Waals surface area contributed by atoms with Gasteiger partial charge in [-0.3, -0.25) is 4.90 Å². The minimum absolute atomic E-state index is 0.00476. The summed E-state index contributed by atoms with van der Waals surface area (Å²) in [5.41, 5.74) is 0.269. The Morgan fingerprint density at radius 2 is 2.00 bits per heavy atom. The lowest BCUT2D eigenvalue weighted by Gasteiger charge is -2.33. The SMILES string of the molecule is CCC1SCC(C(=O)O)N1C(=O)N1CCCC(C)(C)CC1. The Hall–Kier alpha value is -0.910. The Labute approximate surface area is 131 Å². The highest BCUT2D eigenvalue weighted by atomic mass is 32.2. The molecule has 0 saturated carbocycles. The van der Waals surface area contributed by atoms with Crippen LogP contribution in [0, 0.1) is 5.41 Å². The lowest BCUT2D eigenvalue weighted by Crippen LogP contribution is -2.51. The van der Waals surface area contributed by atoms with Gasteiger partial charge in [0, 0.05) is 18.8 Å². The van der Waals surface area contributed by atoms with Gasteiger partial charge in [0.05, 0.1) is 5.37 Å². The number of likely N-dealkylation sites (tertiary alicyclic amines) is 1. The second-order valence-electron chi connectivity index (χ2n) is 6.74. The first kappa shape index (κ1) is 16.5. The molecule has 0 aromatic rings. The van der Waals surface area contributed by atoms with E-state index in [1.807, 2.05) is 11.8 Å². The van der Waals surface area contributed by atoms with E-state index in [4.69, 9.17) is 0 Å². The number of rotatable bonds is 2. The van der Waals surface area contributed by atoms with Gasteiger partial charge in [-0.05, 0) is 31.1 Å². The molecule has 1 N–H and O–H groups in total. The predicted octanol–water partition coefficient (Wildman–Crippen LogP) is 2.86. The molecular formula is C15H26N2O3S. The van der Waals surface area contributed by atoms with Crippen molar-refractivity contribution in [3.8, 4) is 0 Å². The summed E-state index contributed by atoms with van der Waals surface area (Å²) in [7, 11) is 0. The highest BCUT2D eigenvalue weighted by Gasteiger charge is 2.42. The summed E-state index contributed by atoms with van der Waals surface area (Å²) >= 11 is 1.58. The number of carboxylic acid groups (broad SMARTS) is 1. The summed E-state index contributed by atoms with van der Waals surface area (Å²) in [5.74, 6) is -0.388. The average Bonchev–Trinajstić information content (AvgIpc) is 2.77. The maximum absolute atomic E-state index is 12.8. The molecule has 2 aliphatic rings. The molecule has 2 heterocycles. The Balaban J connectivity index is 2.11. The molecule has 0 aliphatic carbocycles. The number of carbonyl (C=O) groups excluding carboxylic acids is 1. The van der Waals surface area contributed by atoms with Crippen molar-refractivity contribution >= 4 is 23.8 Å². The number of hydrogen-bond donors (Lipinski definition) is 1. The van der Waals surface area contributed by atoms with Crippen LogP contribution in [0.5, 0.6) is 0 Å². The first-order valence-electron chi connectivity index (χ1n) is 7.77. The van der Waals surface area contributed by atoms with Crippen molar-refractivity contribution in [3.63, 3.8) is 0 Å². The molecule has 2 saturated heterocycles. The summed E-state index contributed by atoms with van der Waals surface area (Å²) < 4.78 is 0. The standard InChI is InChI=1S/C15H26N2O3S/c1-4-12-17(11(10-21-12)13(18)19)14(20)16-8-5-6-15(2,3)7-9-16/h11-12H,4-10H2,1-3H3,(H,18,19). The molecule has 2 amide bonds. The number of carbonyl (C=O) groups is 2. The first-order chi connectivity index (χ1) is 9.85. The smallest absolute Gasteiger partial charge is 0.327 e. The van der Waals surface area contributed by atoms with Gasteiger partial charge in [-0.15, -0.1) is 11.8 Å². The van der Waals surface area contributed by atoms with Crippen LogP contribution in [0.25, 0.3) is 0 Å². The normalized spacial score (nSPS) is 29.3. The monoisotopic (exact) mass is 314 g/mol. The fourth-order valence-corrected chi connectivity index (χ4v) is 4.44. The van der Waals surface area contributed by atoms with Crippen LogP contribution in [0.2, 0.25) is 0 Å². The van der Waals surface area contributed by atoms with Gasteiger partial charge in [-0.1, -0.05) is 20.8 Å². The Morgan fingerprint density at radius 1 is 1.29 bits per heavy atom. The third-order valence-corrected chi connectivity index (χ3v) is 6.01. The Morgan fingerprint density at radius 3 is 2.62 bits per heavy atom. The largest absolute Gasteiger partial charge is 0.480 e. The van der Waals surface area contributed by atoms with Crippen LogP contribution in [0.1, 0.15) is 46.5 Å². The van der Waals surface area contributed by atoms with E-state index in [0.717, 1.165) is 38.8 Å². The first-order valence-corrected chi connectivity index (χ1v) is 8.82. The number of nitrogens with zero attached hydrogens (tertiary/aromatic N) is 2. The van der Waals surface area contributed by atoms with Gasteiger partial charge in [0.15, 0.2) is 0 Å². The van der Waals surface area contributed by atoms with Crippen molar-refractivity contribution in [2.45, 2.75) is 57.9 Å². The Bertz CT molecular complexity index is 414. The fourth-order valence-electron chi connectivity index (χ4n) is 3.10. The van der Waals surface area contributed by atoms with Gasteiger partial charge < -0.3 is 10.0 Å². The summed E-state index contributed by atoms with van der Waals surface area (Å²) in [6.07, 6.45) is 3.88. The van der Waals surface area contributed by atoms with Crippen LogP contribution >= 0.6 is 11.8 Å². The quantitative estimate of drug-likeness (QED) is 0.851. The van der Waals surface area contributed by atoms with Crippen LogP contribution in [0.15, 0.2) is 0 Å². The molecule has 5 nitrogen and oxygen atoms in total. The van der Waals surface area contributed by atoms with Crippen molar-refractivity contribution in [3.05, 3.63) is 0 Å². The van der Waals surface area contributed by atoms with Crippen molar-refractivity contribution in [1.82, 2.24) is 9.80 Å². The molecule has 2 unspecified atom stereocenters. The summed E-state index contributed by atoms with van der Waals surface area (Å²) in [6, 6.07) is -0.763. The Kier molecular flexibility index (Phi) is 5.07. The van der Waals surface area contributed by atoms with Crippen molar-refractivity contribution in [1.29, 1.82) is 0 Å². The van der Waals surface area contributed by atoms with E-state index in [9.17, 15) is 14.7 Å². The maximum Gasteiger partial charge on any atom is 0.327 e. The van der Waals surface area contributed by atoms with E-state index < -0.39 is 12.0 Å². The van der Waals surface area contributed by atoms with E-state index in [2.05, 4.69) is 13.8 Å². The van der Waals surface area contributed by atoms with Crippen LogP contribution in [-0.4, -0.2) is 57.2 Å². The number of thioether (sulfide) groups is 1. The molecule has 0 aromatic carbocycles. The van der Waals surface area contributed by atoms with Crippen molar-refractivity contribution in [2.75, 3.05) is 18.8 Å². The fraction of sp³-hybridized carbons (Fsp3) is 0.867. The lowest BCUT2D eigenvalue weighted by atomic mass is 9.85. The van der Waals surface area contributed by atoms with E-state index in [1.165, 1.54) is 0 Å². The molecule has 120 valence electrons. The maximum atomic E-state index is 12.8. The zero-order chi connectivity index (χ0) is 15.6. The molecular weight excluding hydrogens is 288 g/mol. The highest BCUT2D eigenvalue weighted by molar-refractivity contribution is 8.00. The summed E-state index contributed by atoms with van der Waals surface area (Å²) in [5, 5.41) is 9.35. The minimum atomic E-state index is -0.887. The molecule has 0 radical (unpaired) electrons. The molecule has 6 heteroatoms. The van der Waals surface area contributed by atoms with Crippen LogP contribution in [-0.2, 0) is 4.79 Å². The zero-order valence-corrected chi connectivity index (χ0v) is 14.0. The van der Waals surface area contributed by atoms with E-state index in [0.29, 0.717) is 5.75 Å². The van der Waals surface area contributed by atoms with E-state index in [1.54, 1.807) is 16.7 Å². The molecule has 2 aliphatic heterocycles. The number of carboxylic acids is 1. The van der Waals surface area contributed by atoms with E-state index in [-0.39, 0.29) is 16.8 Å². The predicted molar refractivity (Wildman–Crippen MR) is 84.4 cm³/mol. The second kappa shape index (κ2) is 6.46. The molecule has 0 bridgehead atoms. The van der Waals surface area contributed by atoms with Crippen molar-refractivity contribution < 1.29 is 14.7 Å². The molecule has 2 fully saturated rings. The summed E-state index contributed by atoms with van der Waals surface area (Å²) in [6.45, 7) is 7.96. The van der Waals surface area contributed by atoms with Gasteiger partial charge in [0.25, 0.3) is 0 Å². The molecule has 21 heavy (non-hydrogen) atoms. The van der Waals surface area contributed by atoms with Crippen LogP contribution < -0.4 is 0 Å². The van der Waals surface area contributed by atoms with Crippen molar-refractivity contribution in [2.24, 2.45) is 5.41 Å². The summed E-state index contributed by atoms with van der Waals surface area (Å²) in [4.78, 5) is 27.7. The molecule has 2 rings (SSSR count). The average molecular weight is 314 g/mol. The lowest BCUT2D eigenvalue weighted by molar-refractivity contribution is -0.141. The third kappa shape index (κ3) is 3.65. The van der Waals surface area contributed by atoms with Crippen LogP contribution in [0.3, 0.4) is 0 Å². The van der Waals surface area contributed by atoms with Gasteiger partial charge >= 0.3 is 12.0 Å². The van der Waals surface area contributed by atoms with Gasteiger partial charge in [0.1, 0.15) is 6.04 Å². The number of amides is 2. The highest BCUT2D eigenvalue weighted by Crippen LogP contribution is 2.34. The molecule has 2 atom stereocenters. The molecule has 0 spiro atoms. The van der Waals surface area contributed by atoms with Gasteiger partial charge in [-0.2, -0.15) is 0 Å². The number of hydrogen-bond acceptors (Lipinski definition) is 3. The van der Waals surface area contributed by atoms with Gasteiger partial charge in [0.2, 0.25) is 0 Å². The topological polar surface area (TPSA) is 60.9 Å². The second-order valence-corrected chi connectivity index (χ2v) is 7.96. The van der Waals surface area contributed by atoms with Crippen LogP contribution in [0.4, 0.5) is 4.79 Å². The third-order valence-electron chi connectivity index (χ3n) is 4.56.